The zero-order valence-electron chi connectivity index (χ0n) is 17.2. The van der Waals surface area contributed by atoms with Crippen LogP contribution in [-0.4, -0.2) is 47.6 Å². The van der Waals surface area contributed by atoms with Crippen molar-refractivity contribution >= 4 is 45.6 Å². The number of aryl methyl sites for hydroxylation is 1. The van der Waals surface area contributed by atoms with E-state index in [0.29, 0.717) is 19.4 Å². The van der Waals surface area contributed by atoms with Crippen molar-refractivity contribution < 1.29 is 9.53 Å². The monoisotopic (exact) mass is 507 g/mol. The average Bonchev–Trinajstić information content (AvgIpc) is 3.33. The predicted molar refractivity (Wildman–Crippen MR) is 129 cm³/mol. The number of fused-ring (bicyclic) bond motifs is 1. The summed E-state index contributed by atoms with van der Waals surface area (Å²) in [4.78, 5) is 25.0. The molecule has 0 atom stereocenters. The molecule has 0 aliphatic carbocycles. The normalized spacial score (nSPS) is 13.9. The van der Waals surface area contributed by atoms with Gasteiger partial charge in [-0.15, -0.1) is 39.7 Å². The Balaban J connectivity index is 0.00000256. The molecule has 0 radical (unpaired) electrons. The number of carbonyl (C=O) groups excluding carboxylic acids is 1. The van der Waals surface area contributed by atoms with E-state index in [0.717, 1.165) is 52.8 Å². The van der Waals surface area contributed by atoms with Crippen LogP contribution >= 0.6 is 39.7 Å². The third-order valence-corrected chi connectivity index (χ3v) is 7.23. The van der Waals surface area contributed by atoms with Crippen LogP contribution in [0.2, 0.25) is 0 Å². The van der Waals surface area contributed by atoms with Gasteiger partial charge < -0.3 is 9.64 Å². The number of thiazole rings is 2. The second-order valence-electron chi connectivity index (χ2n) is 7.23. The molecule has 4 rings (SSSR count). The molecule has 5 nitrogen and oxygen atoms in total. The molecule has 0 unspecified atom stereocenters. The van der Waals surface area contributed by atoms with E-state index < -0.39 is 0 Å². The number of ether oxygens (including phenoxy) is 1. The lowest BCUT2D eigenvalue weighted by Gasteiger charge is -2.10. The molecule has 0 bridgehead atoms. The van der Waals surface area contributed by atoms with E-state index in [2.05, 4.69) is 41.6 Å². The molecule has 0 amide bonds. The molecule has 0 fully saturated rings. The average molecular weight is 509 g/mol. The lowest BCUT2D eigenvalue weighted by atomic mass is 10.1. The third-order valence-electron chi connectivity index (χ3n) is 5.09. The van der Waals surface area contributed by atoms with Crippen LogP contribution in [0.3, 0.4) is 0 Å². The SMILES string of the molecule is Br.CCOC(=O)CCc1ccc(-c2csc(-c3nc4c(s3)CCN(C)CC4)n2)cc1. The second kappa shape index (κ2) is 10.6. The summed E-state index contributed by atoms with van der Waals surface area (Å²) < 4.78 is 4.99. The molecule has 2 aromatic heterocycles. The Morgan fingerprint density at radius 3 is 2.67 bits per heavy atom. The molecule has 0 saturated carbocycles. The van der Waals surface area contributed by atoms with Crippen molar-refractivity contribution in [2.45, 2.75) is 32.6 Å². The first kappa shape index (κ1) is 23.1. The van der Waals surface area contributed by atoms with Crippen molar-refractivity contribution in [1.29, 1.82) is 0 Å². The maximum absolute atomic E-state index is 11.5. The number of benzene rings is 1. The van der Waals surface area contributed by atoms with E-state index in [-0.39, 0.29) is 23.0 Å². The lowest BCUT2D eigenvalue weighted by Crippen LogP contribution is -2.20. The maximum atomic E-state index is 11.5. The standard InChI is InChI=1S/C22H25N3O2S2.BrH/c1-3-27-20(26)9-6-15-4-7-16(8-5-15)18-14-28-21(24-18)22-23-17-10-12-25(2)13-11-19(17)29-22;/h4-5,7-8,14H,3,6,9-13H2,1-2H3;1H. The van der Waals surface area contributed by atoms with E-state index in [1.807, 2.05) is 6.92 Å². The first-order valence-corrected chi connectivity index (χ1v) is 11.7. The van der Waals surface area contributed by atoms with Crippen molar-refractivity contribution in [3.05, 3.63) is 45.8 Å². The van der Waals surface area contributed by atoms with E-state index in [9.17, 15) is 4.79 Å². The summed E-state index contributed by atoms with van der Waals surface area (Å²) in [6.45, 7) is 4.43. The van der Waals surface area contributed by atoms with Gasteiger partial charge in [-0.25, -0.2) is 9.97 Å². The second-order valence-corrected chi connectivity index (χ2v) is 9.17. The van der Waals surface area contributed by atoms with Gasteiger partial charge in [-0.3, -0.25) is 4.79 Å². The summed E-state index contributed by atoms with van der Waals surface area (Å²) in [7, 11) is 2.17. The summed E-state index contributed by atoms with van der Waals surface area (Å²) in [6, 6.07) is 8.28. The minimum atomic E-state index is -0.144. The number of rotatable bonds is 6. The molecule has 0 spiro atoms. The summed E-state index contributed by atoms with van der Waals surface area (Å²) >= 11 is 3.45. The topological polar surface area (TPSA) is 55.3 Å². The Kier molecular flexibility index (Phi) is 8.16. The zero-order valence-corrected chi connectivity index (χ0v) is 20.6. The summed E-state index contributed by atoms with van der Waals surface area (Å²) in [6.07, 6.45) is 3.21. The smallest absolute Gasteiger partial charge is 0.306 e. The van der Waals surface area contributed by atoms with Crippen LogP contribution in [0.15, 0.2) is 29.6 Å². The van der Waals surface area contributed by atoms with Gasteiger partial charge in [-0.05, 0) is 32.4 Å². The summed E-state index contributed by atoms with van der Waals surface area (Å²) in [5.41, 5.74) is 4.45. The number of esters is 1. The Morgan fingerprint density at radius 1 is 1.13 bits per heavy atom. The van der Waals surface area contributed by atoms with Gasteiger partial charge in [0.25, 0.3) is 0 Å². The Hall–Kier alpha value is -1.61. The lowest BCUT2D eigenvalue weighted by molar-refractivity contribution is -0.143. The maximum Gasteiger partial charge on any atom is 0.306 e. The van der Waals surface area contributed by atoms with Crippen molar-refractivity contribution in [2.75, 3.05) is 26.7 Å². The Labute approximate surface area is 195 Å². The van der Waals surface area contributed by atoms with Crippen molar-refractivity contribution in [1.82, 2.24) is 14.9 Å². The number of hydrogen-bond donors (Lipinski definition) is 0. The van der Waals surface area contributed by atoms with Crippen LogP contribution in [0.5, 0.6) is 0 Å². The first-order valence-electron chi connectivity index (χ1n) is 10.0. The number of halogens is 1. The van der Waals surface area contributed by atoms with Crippen LogP contribution in [-0.2, 0) is 28.8 Å². The number of hydrogen-bond acceptors (Lipinski definition) is 7. The molecule has 3 heterocycles. The Bertz CT molecular complexity index is 959. The highest BCUT2D eigenvalue weighted by molar-refractivity contribution is 8.93. The number of aromatic nitrogens is 2. The summed E-state index contributed by atoms with van der Waals surface area (Å²) in [5.74, 6) is -0.144. The minimum Gasteiger partial charge on any atom is -0.466 e. The fourth-order valence-electron chi connectivity index (χ4n) is 3.39. The quantitative estimate of drug-likeness (QED) is 0.437. The van der Waals surface area contributed by atoms with Crippen LogP contribution in [0, 0.1) is 0 Å². The van der Waals surface area contributed by atoms with Crippen molar-refractivity contribution in [3.8, 4) is 21.3 Å². The minimum absolute atomic E-state index is 0. The summed E-state index contributed by atoms with van der Waals surface area (Å²) in [5, 5.41) is 4.14. The van der Waals surface area contributed by atoms with Crippen LogP contribution in [0.1, 0.15) is 29.5 Å². The van der Waals surface area contributed by atoms with E-state index in [1.54, 1.807) is 22.7 Å². The van der Waals surface area contributed by atoms with Gasteiger partial charge in [0.1, 0.15) is 0 Å². The molecule has 0 saturated heterocycles. The van der Waals surface area contributed by atoms with Crippen LogP contribution < -0.4 is 0 Å². The molecule has 3 aromatic rings. The van der Waals surface area contributed by atoms with Crippen LogP contribution in [0.25, 0.3) is 21.3 Å². The number of likely N-dealkylation sites (N-methyl/N-ethyl adjacent to an activating group) is 1. The zero-order chi connectivity index (χ0) is 20.2. The Morgan fingerprint density at radius 2 is 1.90 bits per heavy atom. The number of carbonyl (C=O) groups is 1. The van der Waals surface area contributed by atoms with Gasteiger partial charge in [-0.1, -0.05) is 24.3 Å². The van der Waals surface area contributed by atoms with Gasteiger partial charge >= 0.3 is 5.97 Å². The molecular weight excluding hydrogens is 482 g/mol. The van der Waals surface area contributed by atoms with E-state index >= 15 is 0 Å². The molecule has 1 aromatic carbocycles. The highest BCUT2D eigenvalue weighted by Gasteiger charge is 2.18. The number of nitrogens with zero attached hydrogens (tertiary/aromatic N) is 3. The van der Waals surface area contributed by atoms with Gasteiger partial charge in [0, 0.05) is 41.8 Å². The highest BCUT2D eigenvalue weighted by atomic mass is 79.9. The largest absolute Gasteiger partial charge is 0.466 e. The van der Waals surface area contributed by atoms with Gasteiger partial charge in [0.05, 0.1) is 18.0 Å². The van der Waals surface area contributed by atoms with Gasteiger partial charge in [-0.2, -0.15) is 0 Å². The third kappa shape index (κ3) is 5.55. The van der Waals surface area contributed by atoms with Crippen LogP contribution in [0.4, 0.5) is 0 Å². The molecule has 1 aliphatic rings. The fraction of sp³-hybridized carbons (Fsp3) is 0.409. The molecule has 8 heteroatoms. The highest BCUT2D eigenvalue weighted by Crippen LogP contribution is 2.34. The fourth-order valence-corrected chi connectivity index (χ4v) is 5.35. The molecule has 160 valence electrons. The van der Waals surface area contributed by atoms with Gasteiger partial charge in [0.15, 0.2) is 10.0 Å². The predicted octanol–water partition coefficient (Wildman–Crippen LogP) is 5.04. The molecule has 0 N–H and O–H groups in total. The first-order chi connectivity index (χ1) is 14.1. The van der Waals surface area contributed by atoms with E-state index in [1.165, 1.54) is 10.6 Å². The van der Waals surface area contributed by atoms with Gasteiger partial charge in [0.2, 0.25) is 0 Å². The molecular formula is C22H26BrN3O2S2. The molecule has 30 heavy (non-hydrogen) atoms. The molecule has 1 aliphatic heterocycles. The van der Waals surface area contributed by atoms with E-state index in [4.69, 9.17) is 14.7 Å². The van der Waals surface area contributed by atoms with Crippen molar-refractivity contribution in [2.24, 2.45) is 0 Å². The van der Waals surface area contributed by atoms with Crippen molar-refractivity contribution in [3.63, 3.8) is 0 Å².